The normalized spacial score (nSPS) is 20.4. The summed E-state index contributed by atoms with van der Waals surface area (Å²) in [6.45, 7) is 2.21. The van der Waals surface area contributed by atoms with Crippen LogP contribution in [0.15, 0.2) is 42.0 Å². The monoisotopic (exact) mass is 564 g/mol. The molecule has 1 atom stereocenters. The number of nitrogens with zero attached hydrogens (tertiary/aromatic N) is 1. The lowest BCUT2D eigenvalue weighted by molar-refractivity contribution is 0.0728. The van der Waals surface area contributed by atoms with Crippen LogP contribution >= 0.6 is 23.2 Å². The molecule has 3 N–H and O–H groups in total. The highest BCUT2D eigenvalue weighted by atomic mass is 35.5. The van der Waals surface area contributed by atoms with Crippen LogP contribution < -0.4 is 14.8 Å². The summed E-state index contributed by atoms with van der Waals surface area (Å²) in [5, 5.41) is 12.9. The minimum absolute atomic E-state index is 0.245. The molecule has 1 aliphatic carbocycles. The Hall–Kier alpha value is -2.59. The number of ether oxygens (including phenoxy) is 1. The molecular weight excluding hydrogens is 535 g/mol. The Kier molecular flexibility index (Phi) is 7.63. The molecule has 0 unspecified atom stereocenters. The second-order valence-corrected chi connectivity index (χ2v) is 12.0. The quantitative estimate of drug-likeness (QED) is 0.460. The van der Waals surface area contributed by atoms with Crippen molar-refractivity contribution in [3.05, 3.63) is 68.7 Å². The SMILES string of the molecule is CN/C(=C1/CCN(C(=O)c2cccc(OC)c2Cl)[C@@H](C)C1=N)c1cc(Cl)cc(C2(NS(C)(=O)=O)CC2)c1. The zero-order valence-electron chi connectivity index (χ0n) is 21.1. The number of carbonyl (C=O) groups is 1. The molecule has 2 aromatic rings. The van der Waals surface area contributed by atoms with Crippen LogP contribution in [0.5, 0.6) is 5.75 Å². The van der Waals surface area contributed by atoms with Gasteiger partial charge >= 0.3 is 0 Å². The van der Waals surface area contributed by atoms with Crippen molar-refractivity contribution in [2.24, 2.45) is 0 Å². The molecule has 1 aliphatic heterocycles. The highest BCUT2D eigenvalue weighted by Crippen LogP contribution is 2.47. The Morgan fingerprint density at radius 2 is 1.92 bits per heavy atom. The molecule has 8 nitrogen and oxygen atoms in total. The van der Waals surface area contributed by atoms with Crippen molar-refractivity contribution in [2.45, 2.75) is 37.8 Å². The second-order valence-electron chi connectivity index (χ2n) is 9.45. The summed E-state index contributed by atoms with van der Waals surface area (Å²) >= 11 is 12.9. The number of likely N-dealkylation sites (tertiary alicyclic amines) is 1. The number of benzene rings is 2. The third-order valence-electron chi connectivity index (χ3n) is 6.91. The summed E-state index contributed by atoms with van der Waals surface area (Å²) in [7, 11) is -0.141. The van der Waals surface area contributed by atoms with E-state index >= 15 is 0 Å². The van der Waals surface area contributed by atoms with E-state index in [1.165, 1.54) is 7.11 Å². The molecule has 0 radical (unpaired) electrons. The van der Waals surface area contributed by atoms with Gasteiger partial charge in [0.2, 0.25) is 10.0 Å². The lowest BCUT2D eigenvalue weighted by Gasteiger charge is -2.36. The predicted molar refractivity (Wildman–Crippen MR) is 147 cm³/mol. The van der Waals surface area contributed by atoms with Gasteiger partial charge in [0.25, 0.3) is 5.91 Å². The first kappa shape index (κ1) is 27.4. The van der Waals surface area contributed by atoms with Gasteiger partial charge in [0.15, 0.2) is 0 Å². The molecule has 2 aliphatic rings. The number of rotatable bonds is 7. The van der Waals surface area contributed by atoms with Crippen molar-refractivity contribution < 1.29 is 17.9 Å². The van der Waals surface area contributed by atoms with Crippen LogP contribution in [0.25, 0.3) is 5.70 Å². The Balaban J connectivity index is 1.66. The largest absolute Gasteiger partial charge is 0.495 e. The number of methoxy groups -OCH3 is 1. The lowest BCUT2D eigenvalue weighted by atomic mass is 9.89. The highest BCUT2D eigenvalue weighted by molar-refractivity contribution is 7.88. The molecule has 11 heteroatoms. The molecule has 4 rings (SSSR count). The van der Waals surface area contributed by atoms with Gasteiger partial charge in [0, 0.05) is 29.9 Å². The van der Waals surface area contributed by atoms with Crippen molar-refractivity contribution in [1.29, 1.82) is 5.41 Å². The summed E-state index contributed by atoms with van der Waals surface area (Å²) in [4.78, 5) is 15.0. The first-order chi connectivity index (χ1) is 17.4. The van der Waals surface area contributed by atoms with Gasteiger partial charge in [-0.25, -0.2) is 13.1 Å². The predicted octanol–water partition coefficient (Wildman–Crippen LogP) is 4.43. The standard InChI is InChI=1S/C26H30Cl2N4O4S/c1-15-23(29)20(8-11-32(15)25(33)19-6-5-7-21(36-3)22(19)28)24(30-2)16-12-17(14-18(27)13-16)26(9-10-26)31-37(4,34)35/h5-7,12-15,29-31H,8-11H2,1-4H3/b24-20-,29-23?/t15-/m0/s1. The van der Waals surface area contributed by atoms with Gasteiger partial charge < -0.3 is 20.4 Å². The molecule has 1 saturated carbocycles. The third-order valence-corrected chi connectivity index (χ3v) is 8.28. The summed E-state index contributed by atoms with van der Waals surface area (Å²) in [6.07, 6.45) is 2.96. The van der Waals surface area contributed by atoms with Gasteiger partial charge in [-0.15, -0.1) is 0 Å². The number of hydrogen-bond acceptors (Lipinski definition) is 6. The van der Waals surface area contributed by atoms with Crippen LogP contribution in [0.3, 0.4) is 0 Å². The minimum atomic E-state index is -3.41. The average Bonchev–Trinajstić information content (AvgIpc) is 3.61. The van der Waals surface area contributed by atoms with E-state index in [1.807, 2.05) is 13.0 Å². The molecule has 0 spiro atoms. The Morgan fingerprint density at radius 1 is 1.22 bits per heavy atom. The molecule has 0 aromatic heterocycles. The smallest absolute Gasteiger partial charge is 0.256 e. The Labute approximate surface area is 227 Å². The van der Waals surface area contributed by atoms with Gasteiger partial charge in [-0.1, -0.05) is 29.3 Å². The van der Waals surface area contributed by atoms with E-state index in [-0.39, 0.29) is 10.9 Å². The summed E-state index contributed by atoms with van der Waals surface area (Å²) in [5.41, 5.74) is 3.01. The fourth-order valence-corrected chi connectivity index (χ4v) is 6.45. The number of nitrogens with one attached hydrogen (secondary N) is 3. The molecule has 198 valence electrons. The number of hydrogen-bond donors (Lipinski definition) is 3. The van der Waals surface area contributed by atoms with E-state index in [9.17, 15) is 13.2 Å². The van der Waals surface area contributed by atoms with E-state index in [4.69, 9.17) is 33.3 Å². The summed E-state index contributed by atoms with van der Waals surface area (Å²) in [5.74, 6) is 0.152. The lowest BCUT2D eigenvalue weighted by Crippen LogP contribution is -2.48. The van der Waals surface area contributed by atoms with Gasteiger partial charge in [-0.2, -0.15) is 0 Å². The fourth-order valence-electron chi connectivity index (χ4n) is 4.90. The molecule has 1 heterocycles. The van der Waals surface area contributed by atoms with Gasteiger partial charge in [0.05, 0.1) is 41.2 Å². The maximum atomic E-state index is 13.4. The van der Waals surface area contributed by atoms with E-state index in [1.54, 1.807) is 42.3 Å². The van der Waals surface area contributed by atoms with Crippen LogP contribution in [0.2, 0.25) is 10.0 Å². The van der Waals surface area contributed by atoms with Crippen LogP contribution in [-0.2, 0) is 15.6 Å². The first-order valence-electron chi connectivity index (χ1n) is 11.8. The van der Waals surface area contributed by atoms with Crippen molar-refractivity contribution in [1.82, 2.24) is 14.9 Å². The topological polar surface area (TPSA) is 112 Å². The number of carbonyl (C=O) groups excluding carboxylic acids is 1. The van der Waals surface area contributed by atoms with E-state index in [0.717, 1.165) is 28.7 Å². The fraction of sp³-hybridized carbons (Fsp3) is 0.385. The van der Waals surface area contributed by atoms with Crippen molar-refractivity contribution in [3.63, 3.8) is 0 Å². The average molecular weight is 566 g/mol. The van der Waals surface area contributed by atoms with Gasteiger partial charge in [0.1, 0.15) is 5.75 Å². The molecular formula is C26H30Cl2N4O4S. The van der Waals surface area contributed by atoms with Crippen LogP contribution in [0, 0.1) is 5.41 Å². The van der Waals surface area contributed by atoms with E-state index < -0.39 is 21.6 Å². The molecule has 2 fully saturated rings. The van der Waals surface area contributed by atoms with Gasteiger partial charge in [-0.3, -0.25) is 4.79 Å². The Morgan fingerprint density at radius 3 is 2.51 bits per heavy atom. The summed E-state index contributed by atoms with van der Waals surface area (Å²) in [6, 6.07) is 10.1. The first-order valence-corrected chi connectivity index (χ1v) is 14.5. The minimum Gasteiger partial charge on any atom is -0.495 e. The van der Waals surface area contributed by atoms with Crippen molar-refractivity contribution in [3.8, 4) is 5.75 Å². The Bertz CT molecular complexity index is 1400. The van der Waals surface area contributed by atoms with Crippen molar-refractivity contribution >= 4 is 50.5 Å². The van der Waals surface area contributed by atoms with E-state index in [2.05, 4.69) is 10.0 Å². The number of amides is 1. The molecule has 37 heavy (non-hydrogen) atoms. The maximum Gasteiger partial charge on any atom is 0.256 e. The zero-order valence-corrected chi connectivity index (χ0v) is 23.4. The van der Waals surface area contributed by atoms with Crippen LogP contribution in [0.4, 0.5) is 0 Å². The van der Waals surface area contributed by atoms with Gasteiger partial charge in [-0.05, 0) is 67.6 Å². The van der Waals surface area contributed by atoms with Crippen molar-refractivity contribution in [2.75, 3.05) is 27.0 Å². The van der Waals surface area contributed by atoms with Crippen LogP contribution in [-0.4, -0.2) is 57.9 Å². The summed E-state index contributed by atoms with van der Waals surface area (Å²) < 4.78 is 31.9. The highest BCUT2D eigenvalue weighted by Gasteiger charge is 2.47. The third kappa shape index (κ3) is 5.50. The van der Waals surface area contributed by atoms with E-state index in [0.29, 0.717) is 47.9 Å². The number of piperidine rings is 1. The van der Waals surface area contributed by atoms with Crippen LogP contribution in [0.1, 0.15) is 47.7 Å². The second kappa shape index (κ2) is 10.3. The molecule has 2 aromatic carbocycles. The zero-order chi connectivity index (χ0) is 27.1. The molecule has 1 amide bonds. The number of halogens is 2. The molecule has 1 saturated heterocycles. The maximum absolute atomic E-state index is 13.4. The number of sulfonamides is 1. The molecule has 0 bridgehead atoms.